The van der Waals surface area contributed by atoms with Crippen molar-refractivity contribution >= 4 is 0 Å². The first-order valence-electron chi connectivity index (χ1n) is 16.1. The second-order valence-electron chi connectivity index (χ2n) is 13.2. The Bertz CT molecular complexity index is 1610. The van der Waals surface area contributed by atoms with Gasteiger partial charge in [0.2, 0.25) is 0 Å². The Morgan fingerprint density at radius 2 is 1.32 bits per heavy atom. The summed E-state index contributed by atoms with van der Waals surface area (Å²) in [5, 5.41) is 0. The number of rotatable bonds is 4. The standard InChI is InChI=1S/C37H40N4/c1-2-8-28(7-1)35-38-23-30(40-35)17-15-26-16-18-31(34-32(26)19-22-37(34)20-5-6-21-37)25-11-13-27(14-12-25)33-24-39-36(41-33)29-9-3-4-10-29/h11-14,16,18,23-24,28-29H,1-10,19-22H2,(H,38,40)(H,39,41). The van der Waals surface area contributed by atoms with E-state index in [-0.39, 0.29) is 0 Å². The van der Waals surface area contributed by atoms with E-state index in [9.17, 15) is 0 Å². The first kappa shape index (κ1) is 25.2. The molecule has 4 nitrogen and oxygen atoms in total. The number of hydrogen-bond acceptors (Lipinski definition) is 2. The first-order valence-corrected chi connectivity index (χ1v) is 16.1. The van der Waals surface area contributed by atoms with Gasteiger partial charge in [-0.2, -0.15) is 0 Å². The fourth-order valence-electron chi connectivity index (χ4n) is 8.57. The second-order valence-corrected chi connectivity index (χ2v) is 13.2. The highest BCUT2D eigenvalue weighted by Crippen LogP contribution is 2.54. The summed E-state index contributed by atoms with van der Waals surface area (Å²) in [6.45, 7) is 0. The third kappa shape index (κ3) is 4.55. The zero-order valence-corrected chi connectivity index (χ0v) is 24.1. The van der Waals surface area contributed by atoms with Gasteiger partial charge in [-0.05, 0) is 96.6 Å². The predicted octanol–water partition coefficient (Wildman–Crippen LogP) is 8.94. The fraction of sp³-hybridized carbons (Fsp3) is 0.459. The molecule has 4 heteroatoms. The van der Waals surface area contributed by atoms with E-state index in [4.69, 9.17) is 4.98 Å². The zero-order chi connectivity index (χ0) is 27.2. The molecule has 41 heavy (non-hydrogen) atoms. The van der Waals surface area contributed by atoms with E-state index < -0.39 is 0 Å². The average Bonchev–Trinajstić information content (AvgIpc) is 3.84. The Morgan fingerprint density at radius 3 is 2.05 bits per heavy atom. The zero-order valence-electron chi connectivity index (χ0n) is 24.1. The van der Waals surface area contributed by atoms with Crippen molar-refractivity contribution in [3.05, 3.63) is 82.8 Å². The highest BCUT2D eigenvalue weighted by molar-refractivity contribution is 5.76. The summed E-state index contributed by atoms with van der Waals surface area (Å²) in [6.07, 6.45) is 22.0. The summed E-state index contributed by atoms with van der Waals surface area (Å²) in [7, 11) is 0. The van der Waals surface area contributed by atoms with Crippen LogP contribution in [0.1, 0.15) is 129 Å². The number of aromatic amines is 2. The lowest BCUT2D eigenvalue weighted by atomic mass is 9.76. The molecule has 2 heterocycles. The van der Waals surface area contributed by atoms with E-state index >= 15 is 0 Å². The average molecular weight is 541 g/mol. The number of imidazole rings is 2. The monoisotopic (exact) mass is 540 g/mol. The highest BCUT2D eigenvalue weighted by atomic mass is 14.9. The van der Waals surface area contributed by atoms with E-state index in [0.717, 1.165) is 23.6 Å². The molecule has 208 valence electrons. The number of benzene rings is 2. The minimum absolute atomic E-state index is 0.324. The Hall–Kier alpha value is -3.58. The number of hydrogen-bond donors (Lipinski definition) is 2. The van der Waals surface area contributed by atoms with Crippen molar-refractivity contribution in [3.63, 3.8) is 0 Å². The molecular weight excluding hydrogens is 500 g/mol. The van der Waals surface area contributed by atoms with E-state index in [1.54, 1.807) is 5.56 Å². The molecule has 2 aromatic carbocycles. The summed E-state index contributed by atoms with van der Waals surface area (Å²) < 4.78 is 0. The van der Waals surface area contributed by atoms with Gasteiger partial charge in [-0.3, -0.25) is 0 Å². The topological polar surface area (TPSA) is 57.4 Å². The molecule has 0 atom stereocenters. The van der Waals surface area contributed by atoms with Crippen LogP contribution in [0.3, 0.4) is 0 Å². The van der Waals surface area contributed by atoms with Crippen molar-refractivity contribution in [2.45, 2.75) is 107 Å². The van der Waals surface area contributed by atoms with Crippen LogP contribution in [0.25, 0.3) is 22.4 Å². The molecule has 0 bridgehead atoms. The van der Waals surface area contributed by atoms with Gasteiger partial charge in [0.25, 0.3) is 0 Å². The van der Waals surface area contributed by atoms with Crippen molar-refractivity contribution in [3.8, 4) is 34.2 Å². The van der Waals surface area contributed by atoms with Crippen LogP contribution in [0.4, 0.5) is 0 Å². The maximum Gasteiger partial charge on any atom is 0.110 e. The highest BCUT2D eigenvalue weighted by Gasteiger charge is 2.43. The number of aromatic nitrogens is 4. The molecule has 0 amide bonds. The number of nitrogens with one attached hydrogen (secondary N) is 2. The molecule has 3 saturated carbocycles. The van der Waals surface area contributed by atoms with Gasteiger partial charge >= 0.3 is 0 Å². The van der Waals surface area contributed by atoms with Gasteiger partial charge in [-0.25, -0.2) is 9.97 Å². The van der Waals surface area contributed by atoms with E-state index in [0.29, 0.717) is 17.3 Å². The molecule has 4 aliphatic carbocycles. The molecule has 0 saturated heterocycles. The third-order valence-electron chi connectivity index (χ3n) is 10.8. The van der Waals surface area contributed by atoms with Crippen LogP contribution in [0.2, 0.25) is 0 Å². The summed E-state index contributed by atoms with van der Waals surface area (Å²) in [6, 6.07) is 13.8. The molecule has 0 radical (unpaired) electrons. The Balaban J connectivity index is 1.11. The summed E-state index contributed by atoms with van der Waals surface area (Å²) >= 11 is 0. The van der Waals surface area contributed by atoms with Crippen LogP contribution in [0.5, 0.6) is 0 Å². The smallest absolute Gasteiger partial charge is 0.110 e. The predicted molar refractivity (Wildman–Crippen MR) is 165 cm³/mol. The maximum absolute atomic E-state index is 4.75. The van der Waals surface area contributed by atoms with Crippen LogP contribution in [-0.2, 0) is 11.8 Å². The van der Waals surface area contributed by atoms with Crippen molar-refractivity contribution in [2.24, 2.45) is 0 Å². The quantitative estimate of drug-likeness (QED) is 0.254. The van der Waals surface area contributed by atoms with E-state index in [1.165, 1.54) is 117 Å². The van der Waals surface area contributed by atoms with Gasteiger partial charge in [0.1, 0.15) is 17.3 Å². The molecule has 0 aliphatic heterocycles. The summed E-state index contributed by atoms with van der Waals surface area (Å²) in [5.41, 5.74) is 10.7. The molecule has 2 aromatic heterocycles. The second kappa shape index (κ2) is 10.4. The van der Waals surface area contributed by atoms with Gasteiger partial charge in [-0.15, -0.1) is 0 Å². The summed E-state index contributed by atoms with van der Waals surface area (Å²) in [5.74, 6) is 10.5. The maximum atomic E-state index is 4.75. The SMILES string of the molecule is C(#Cc1ccc(-c2ccc(-c3cnc(C4CCCC4)[nH]3)cc2)c2c1CCC21CCCC1)c1cnc(C2CCCC2)[nH]1. The minimum Gasteiger partial charge on any atom is -0.342 e. The van der Waals surface area contributed by atoms with Crippen LogP contribution < -0.4 is 0 Å². The number of H-pyrrole nitrogens is 2. The normalized spacial score (nSPS) is 20.1. The largest absolute Gasteiger partial charge is 0.342 e. The molecular formula is C37H40N4. The Kier molecular flexibility index (Phi) is 6.35. The van der Waals surface area contributed by atoms with E-state index in [2.05, 4.69) is 63.2 Å². The number of nitrogens with zero attached hydrogens (tertiary/aromatic N) is 2. The minimum atomic E-state index is 0.324. The molecule has 2 N–H and O–H groups in total. The molecule has 3 fully saturated rings. The first-order chi connectivity index (χ1) is 20.3. The van der Waals surface area contributed by atoms with Gasteiger partial charge in [0, 0.05) is 17.4 Å². The Morgan fingerprint density at radius 1 is 0.659 bits per heavy atom. The van der Waals surface area contributed by atoms with Crippen molar-refractivity contribution < 1.29 is 0 Å². The van der Waals surface area contributed by atoms with Crippen molar-refractivity contribution in [2.75, 3.05) is 0 Å². The van der Waals surface area contributed by atoms with Crippen molar-refractivity contribution in [1.82, 2.24) is 19.9 Å². The molecule has 4 aliphatic rings. The van der Waals surface area contributed by atoms with Crippen LogP contribution in [0.15, 0.2) is 48.8 Å². The third-order valence-corrected chi connectivity index (χ3v) is 10.8. The fourth-order valence-corrected chi connectivity index (χ4v) is 8.57. The van der Waals surface area contributed by atoms with Gasteiger partial charge in [0.05, 0.1) is 18.1 Å². The Labute approximate surface area is 243 Å². The van der Waals surface area contributed by atoms with Gasteiger partial charge in [0.15, 0.2) is 0 Å². The molecule has 1 spiro atoms. The molecule has 4 aromatic rings. The van der Waals surface area contributed by atoms with Crippen LogP contribution in [-0.4, -0.2) is 19.9 Å². The lowest BCUT2D eigenvalue weighted by Crippen LogP contribution is -2.19. The van der Waals surface area contributed by atoms with Crippen molar-refractivity contribution in [1.29, 1.82) is 0 Å². The lowest BCUT2D eigenvalue weighted by Gasteiger charge is -2.27. The molecule has 0 unspecified atom stereocenters. The van der Waals surface area contributed by atoms with Gasteiger partial charge < -0.3 is 9.97 Å². The van der Waals surface area contributed by atoms with Crippen LogP contribution >= 0.6 is 0 Å². The van der Waals surface area contributed by atoms with Crippen LogP contribution in [0, 0.1) is 11.8 Å². The molecule has 8 rings (SSSR count). The number of fused-ring (bicyclic) bond motifs is 2. The lowest BCUT2D eigenvalue weighted by molar-refractivity contribution is 0.440. The van der Waals surface area contributed by atoms with Gasteiger partial charge in [-0.1, -0.05) is 74.8 Å². The van der Waals surface area contributed by atoms with E-state index in [1.807, 2.05) is 12.4 Å². The summed E-state index contributed by atoms with van der Waals surface area (Å²) in [4.78, 5) is 16.6.